The number of nitrogens with zero attached hydrogens (tertiary/aromatic N) is 1. The quantitative estimate of drug-likeness (QED) is 0.840. The molecule has 1 heterocycles. The average Bonchev–Trinajstić information content (AvgIpc) is 2.71. The Balaban J connectivity index is 1.38. The van der Waals surface area contributed by atoms with Crippen molar-refractivity contribution in [2.24, 2.45) is 5.92 Å². The first-order chi connectivity index (χ1) is 13.1. The van der Waals surface area contributed by atoms with Crippen molar-refractivity contribution in [2.75, 3.05) is 25.0 Å². The second-order valence-corrected chi connectivity index (χ2v) is 6.75. The number of anilines is 1. The number of carbonyl (C=O) groups is 2. The summed E-state index contributed by atoms with van der Waals surface area (Å²) in [5.41, 5.74) is 0.866. The Morgan fingerprint density at radius 2 is 1.67 bits per heavy atom. The molecule has 0 saturated carbocycles. The van der Waals surface area contributed by atoms with Crippen LogP contribution in [0.25, 0.3) is 0 Å². The highest BCUT2D eigenvalue weighted by Gasteiger charge is 2.23. The Morgan fingerprint density at radius 1 is 1.00 bits per heavy atom. The molecule has 1 fully saturated rings. The molecular formula is C21H24FN3O2. The molecule has 0 atom stereocenters. The predicted molar refractivity (Wildman–Crippen MR) is 103 cm³/mol. The smallest absolute Gasteiger partial charge is 0.321 e. The highest BCUT2D eigenvalue weighted by molar-refractivity contribution is 5.94. The summed E-state index contributed by atoms with van der Waals surface area (Å²) in [6.45, 7) is 1.90. The number of nitrogens with one attached hydrogen (secondary N) is 2. The second-order valence-electron chi connectivity index (χ2n) is 6.75. The Kier molecular flexibility index (Phi) is 6.41. The van der Waals surface area contributed by atoms with E-state index in [0.29, 0.717) is 31.1 Å². The maximum Gasteiger partial charge on any atom is 0.321 e. The molecule has 1 saturated heterocycles. The van der Waals surface area contributed by atoms with Gasteiger partial charge < -0.3 is 15.5 Å². The van der Waals surface area contributed by atoms with Gasteiger partial charge >= 0.3 is 6.03 Å². The van der Waals surface area contributed by atoms with Crippen molar-refractivity contribution in [2.45, 2.75) is 19.3 Å². The van der Waals surface area contributed by atoms with Crippen molar-refractivity contribution in [1.82, 2.24) is 10.2 Å². The van der Waals surface area contributed by atoms with Gasteiger partial charge in [-0.05, 0) is 49.4 Å². The summed E-state index contributed by atoms with van der Waals surface area (Å²) in [6.07, 6.45) is 2.65. The summed E-state index contributed by atoms with van der Waals surface area (Å²) < 4.78 is 13.6. The fourth-order valence-electron chi connectivity index (χ4n) is 3.26. The molecule has 0 radical (unpaired) electrons. The highest BCUT2D eigenvalue weighted by atomic mass is 19.1. The first kappa shape index (κ1) is 18.9. The van der Waals surface area contributed by atoms with E-state index in [2.05, 4.69) is 10.6 Å². The summed E-state index contributed by atoms with van der Waals surface area (Å²) >= 11 is 0. The zero-order valence-electron chi connectivity index (χ0n) is 15.2. The molecule has 1 aliphatic heterocycles. The topological polar surface area (TPSA) is 61.4 Å². The number of likely N-dealkylation sites (tertiary alicyclic amines) is 1. The molecular weight excluding hydrogens is 345 g/mol. The van der Waals surface area contributed by atoms with E-state index in [0.717, 1.165) is 19.3 Å². The van der Waals surface area contributed by atoms with Gasteiger partial charge in [-0.25, -0.2) is 9.18 Å². The minimum absolute atomic E-state index is 0.0581. The molecule has 0 aromatic heterocycles. The lowest BCUT2D eigenvalue weighted by Gasteiger charge is -2.32. The molecule has 2 aromatic rings. The highest BCUT2D eigenvalue weighted by Crippen LogP contribution is 2.21. The van der Waals surface area contributed by atoms with Crippen LogP contribution >= 0.6 is 0 Å². The molecule has 27 heavy (non-hydrogen) atoms. The minimum Gasteiger partial charge on any atom is -0.352 e. The Bertz CT molecular complexity index is 774. The van der Waals surface area contributed by atoms with Crippen molar-refractivity contribution in [1.29, 1.82) is 0 Å². The van der Waals surface area contributed by atoms with Crippen LogP contribution in [-0.4, -0.2) is 36.5 Å². The monoisotopic (exact) mass is 369 g/mol. The summed E-state index contributed by atoms with van der Waals surface area (Å²) in [6, 6.07) is 15.0. The predicted octanol–water partition coefficient (Wildman–Crippen LogP) is 3.89. The Hall–Kier alpha value is -2.89. The number of hydrogen-bond acceptors (Lipinski definition) is 2. The number of para-hydroxylation sites is 1. The molecule has 0 aliphatic carbocycles. The standard InChI is InChI=1S/C21H24FN3O2/c22-18-8-4-5-9-19(18)24-21(27)25-14-11-16(12-15-25)10-13-23-20(26)17-6-2-1-3-7-17/h1-9,16H,10-15H2,(H,23,26)(H,24,27). The minimum atomic E-state index is -0.435. The van der Waals surface area contributed by atoms with Crippen molar-refractivity contribution in [3.63, 3.8) is 0 Å². The molecule has 5 nitrogen and oxygen atoms in total. The summed E-state index contributed by atoms with van der Waals surface area (Å²) in [5.74, 6) is -0.0224. The van der Waals surface area contributed by atoms with Crippen molar-refractivity contribution < 1.29 is 14.0 Å². The van der Waals surface area contributed by atoms with Gasteiger partial charge in [-0.1, -0.05) is 30.3 Å². The van der Waals surface area contributed by atoms with E-state index in [4.69, 9.17) is 0 Å². The molecule has 6 heteroatoms. The number of hydrogen-bond donors (Lipinski definition) is 2. The van der Waals surface area contributed by atoms with Crippen LogP contribution in [0.3, 0.4) is 0 Å². The average molecular weight is 369 g/mol. The fourth-order valence-corrected chi connectivity index (χ4v) is 3.26. The molecule has 0 bridgehead atoms. The van der Waals surface area contributed by atoms with Gasteiger partial charge in [0.1, 0.15) is 5.82 Å². The van der Waals surface area contributed by atoms with Gasteiger partial charge in [-0.2, -0.15) is 0 Å². The van der Waals surface area contributed by atoms with E-state index in [-0.39, 0.29) is 17.6 Å². The number of halogens is 1. The lowest BCUT2D eigenvalue weighted by molar-refractivity contribution is 0.0949. The van der Waals surface area contributed by atoms with Gasteiger partial charge in [0.15, 0.2) is 0 Å². The number of piperidine rings is 1. The molecule has 2 N–H and O–H groups in total. The van der Waals surface area contributed by atoms with Crippen LogP contribution in [0.2, 0.25) is 0 Å². The van der Waals surface area contributed by atoms with E-state index >= 15 is 0 Å². The first-order valence-electron chi connectivity index (χ1n) is 9.27. The van der Waals surface area contributed by atoms with E-state index in [1.807, 2.05) is 18.2 Å². The van der Waals surface area contributed by atoms with E-state index in [1.165, 1.54) is 6.07 Å². The van der Waals surface area contributed by atoms with Gasteiger partial charge in [0.2, 0.25) is 0 Å². The summed E-state index contributed by atoms with van der Waals surface area (Å²) in [7, 11) is 0. The number of benzene rings is 2. The Labute approximate surface area is 158 Å². The van der Waals surface area contributed by atoms with E-state index in [1.54, 1.807) is 35.2 Å². The van der Waals surface area contributed by atoms with Gasteiger partial charge in [-0.15, -0.1) is 0 Å². The van der Waals surface area contributed by atoms with Gasteiger partial charge in [0, 0.05) is 25.2 Å². The van der Waals surface area contributed by atoms with E-state index in [9.17, 15) is 14.0 Å². The molecule has 1 aliphatic rings. The SMILES string of the molecule is O=C(NCCC1CCN(C(=O)Nc2ccccc2F)CC1)c1ccccc1. The second kappa shape index (κ2) is 9.16. The van der Waals surface area contributed by atoms with Crippen molar-refractivity contribution in [3.8, 4) is 0 Å². The van der Waals surface area contributed by atoms with Crippen LogP contribution in [0.5, 0.6) is 0 Å². The lowest BCUT2D eigenvalue weighted by Crippen LogP contribution is -2.41. The summed E-state index contributed by atoms with van der Waals surface area (Å²) in [5, 5.41) is 5.57. The number of amides is 3. The molecule has 142 valence electrons. The Morgan fingerprint density at radius 3 is 2.37 bits per heavy atom. The van der Waals surface area contributed by atoms with Crippen LogP contribution in [0, 0.1) is 11.7 Å². The molecule has 2 aromatic carbocycles. The third-order valence-electron chi connectivity index (χ3n) is 4.89. The number of rotatable bonds is 5. The third kappa shape index (κ3) is 5.29. The van der Waals surface area contributed by atoms with Gasteiger partial charge in [0.25, 0.3) is 5.91 Å². The van der Waals surface area contributed by atoms with Crippen LogP contribution < -0.4 is 10.6 Å². The largest absolute Gasteiger partial charge is 0.352 e. The normalized spacial score (nSPS) is 14.6. The fraction of sp³-hybridized carbons (Fsp3) is 0.333. The van der Waals surface area contributed by atoms with Crippen LogP contribution in [0.15, 0.2) is 54.6 Å². The van der Waals surface area contributed by atoms with Gasteiger partial charge in [0.05, 0.1) is 5.69 Å². The van der Waals surface area contributed by atoms with Crippen molar-refractivity contribution >= 4 is 17.6 Å². The van der Waals surface area contributed by atoms with Crippen molar-refractivity contribution in [3.05, 3.63) is 66.0 Å². The van der Waals surface area contributed by atoms with Crippen LogP contribution in [-0.2, 0) is 0 Å². The zero-order valence-corrected chi connectivity index (χ0v) is 15.2. The van der Waals surface area contributed by atoms with Crippen LogP contribution in [0.1, 0.15) is 29.6 Å². The molecule has 3 amide bonds. The maximum atomic E-state index is 13.6. The molecule has 3 rings (SSSR count). The summed E-state index contributed by atoms with van der Waals surface area (Å²) in [4.78, 5) is 26.0. The number of urea groups is 1. The number of carbonyl (C=O) groups excluding carboxylic acids is 2. The van der Waals surface area contributed by atoms with Crippen LogP contribution in [0.4, 0.5) is 14.9 Å². The molecule has 0 unspecified atom stereocenters. The molecule has 0 spiro atoms. The third-order valence-corrected chi connectivity index (χ3v) is 4.89. The van der Waals surface area contributed by atoms with Gasteiger partial charge in [-0.3, -0.25) is 4.79 Å². The zero-order chi connectivity index (χ0) is 19.1. The lowest BCUT2D eigenvalue weighted by atomic mass is 9.93. The first-order valence-corrected chi connectivity index (χ1v) is 9.27. The maximum absolute atomic E-state index is 13.6. The van der Waals surface area contributed by atoms with E-state index < -0.39 is 5.82 Å².